The summed E-state index contributed by atoms with van der Waals surface area (Å²) in [4.78, 5) is 7.13. The number of guanidine groups is 1. The van der Waals surface area contributed by atoms with Gasteiger partial charge in [0.15, 0.2) is 15.8 Å². The maximum absolute atomic E-state index is 12.3. The fraction of sp³-hybridized carbons (Fsp3) is 0.458. The van der Waals surface area contributed by atoms with Crippen molar-refractivity contribution in [2.75, 3.05) is 32.4 Å². The second kappa shape index (κ2) is 11.9. The van der Waals surface area contributed by atoms with Crippen LogP contribution in [-0.2, 0) is 22.9 Å². The predicted octanol–water partition coefficient (Wildman–Crippen LogP) is 3.20. The topological polar surface area (TPSA) is 73.8 Å². The highest BCUT2D eigenvalue weighted by Crippen LogP contribution is 2.14. The molecule has 0 amide bonds. The highest BCUT2D eigenvalue weighted by atomic mass is 32.2. The average Bonchev–Trinajstić information content (AvgIpc) is 2.81. The molecule has 0 spiro atoms. The normalized spacial score (nSPS) is 15.6. The number of benzene rings is 2. The summed E-state index contributed by atoms with van der Waals surface area (Å²) < 4.78 is 24.7. The van der Waals surface area contributed by atoms with Gasteiger partial charge in [0.05, 0.1) is 10.6 Å². The highest BCUT2D eigenvalue weighted by molar-refractivity contribution is 7.91. The van der Waals surface area contributed by atoms with Crippen molar-refractivity contribution in [3.63, 3.8) is 0 Å². The number of nitrogens with zero attached hydrogens (tertiary/aromatic N) is 2. The zero-order valence-electron chi connectivity index (χ0n) is 18.4. The Morgan fingerprint density at radius 2 is 1.61 bits per heavy atom. The van der Waals surface area contributed by atoms with E-state index in [9.17, 15) is 8.42 Å². The van der Waals surface area contributed by atoms with E-state index >= 15 is 0 Å². The molecule has 0 atom stereocenters. The molecule has 0 bridgehead atoms. The molecule has 0 aromatic heterocycles. The summed E-state index contributed by atoms with van der Waals surface area (Å²) in [6, 6.07) is 17.3. The standard InChI is InChI=1S/C24H34N4O2S/c1-25-24(26-15-8-18-31(29,30)23-9-4-2-5-10-23)27-19-21-11-13-22(14-12-21)20-28-16-6-3-7-17-28/h2,4-5,9-14H,3,6-8,15-20H2,1H3,(H2,25,26,27). The zero-order chi connectivity index (χ0) is 21.9. The fourth-order valence-corrected chi connectivity index (χ4v) is 5.09. The first-order valence-electron chi connectivity index (χ1n) is 11.1. The molecule has 1 aliphatic rings. The third-order valence-electron chi connectivity index (χ3n) is 5.55. The van der Waals surface area contributed by atoms with Crippen molar-refractivity contribution in [2.45, 2.75) is 43.7 Å². The van der Waals surface area contributed by atoms with E-state index in [4.69, 9.17) is 0 Å². The van der Waals surface area contributed by atoms with Crippen LogP contribution in [0.3, 0.4) is 0 Å². The molecule has 1 saturated heterocycles. The molecule has 7 heteroatoms. The predicted molar refractivity (Wildman–Crippen MR) is 127 cm³/mol. The smallest absolute Gasteiger partial charge is 0.191 e. The van der Waals surface area contributed by atoms with Crippen LogP contribution in [0.15, 0.2) is 64.5 Å². The van der Waals surface area contributed by atoms with Crippen LogP contribution in [0, 0.1) is 0 Å². The van der Waals surface area contributed by atoms with Gasteiger partial charge in [-0.05, 0) is 55.6 Å². The minimum atomic E-state index is -3.24. The molecular formula is C24H34N4O2S. The van der Waals surface area contributed by atoms with Crippen LogP contribution in [0.25, 0.3) is 0 Å². The molecular weight excluding hydrogens is 408 g/mol. The number of hydrogen-bond acceptors (Lipinski definition) is 4. The third-order valence-corrected chi connectivity index (χ3v) is 7.36. The molecule has 2 N–H and O–H groups in total. The lowest BCUT2D eigenvalue weighted by Crippen LogP contribution is -2.37. The quantitative estimate of drug-likeness (QED) is 0.354. The number of nitrogens with one attached hydrogen (secondary N) is 2. The molecule has 1 fully saturated rings. The first kappa shape index (κ1) is 23.3. The Morgan fingerprint density at radius 3 is 2.29 bits per heavy atom. The average molecular weight is 443 g/mol. The van der Waals surface area contributed by atoms with Gasteiger partial charge in [-0.15, -0.1) is 0 Å². The molecule has 1 heterocycles. The van der Waals surface area contributed by atoms with Crippen molar-refractivity contribution in [1.82, 2.24) is 15.5 Å². The third kappa shape index (κ3) is 7.67. The van der Waals surface area contributed by atoms with Crippen LogP contribution in [-0.4, -0.2) is 51.7 Å². The SMILES string of the molecule is CN=C(NCCCS(=O)(=O)c1ccccc1)NCc1ccc(CN2CCCCC2)cc1. The minimum absolute atomic E-state index is 0.111. The van der Waals surface area contributed by atoms with Gasteiger partial charge in [0.2, 0.25) is 0 Å². The van der Waals surface area contributed by atoms with Crippen LogP contribution >= 0.6 is 0 Å². The summed E-state index contributed by atoms with van der Waals surface area (Å²) in [6.07, 6.45) is 4.50. The van der Waals surface area contributed by atoms with Gasteiger partial charge >= 0.3 is 0 Å². The van der Waals surface area contributed by atoms with Crippen molar-refractivity contribution < 1.29 is 8.42 Å². The Hall–Kier alpha value is -2.38. The minimum Gasteiger partial charge on any atom is -0.356 e. The first-order valence-corrected chi connectivity index (χ1v) is 12.7. The van der Waals surface area contributed by atoms with Crippen molar-refractivity contribution in [2.24, 2.45) is 4.99 Å². The van der Waals surface area contributed by atoms with E-state index in [-0.39, 0.29) is 5.75 Å². The molecule has 6 nitrogen and oxygen atoms in total. The highest BCUT2D eigenvalue weighted by Gasteiger charge is 2.13. The molecule has 3 rings (SSSR count). The van der Waals surface area contributed by atoms with Gasteiger partial charge in [0.25, 0.3) is 0 Å². The second-order valence-corrected chi connectivity index (χ2v) is 10.1. The van der Waals surface area contributed by atoms with E-state index in [2.05, 4.69) is 44.8 Å². The zero-order valence-corrected chi connectivity index (χ0v) is 19.2. The molecule has 2 aromatic carbocycles. The monoisotopic (exact) mass is 442 g/mol. The summed E-state index contributed by atoms with van der Waals surface area (Å²) in [7, 11) is -1.52. The van der Waals surface area contributed by atoms with Gasteiger partial charge < -0.3 is 10.6 Å². The van der Waals surface area contributed by atoms with Crippen molar-refractivity contribution in [1.29, 1.82) is 0 Å². The van der Waals surface area contributed by atoms with E-state index in [1.807, 2.05) is 6.07 Å². The van der Waals surface area contributed by atoms with Crippen LogP contribution in [0.5, 0.6) is 0 Å². The molecule has 0 radical (unpaired) electrons. The molecule has 0 unspecified atom stereocenters. The molecule has 0 aliphatic carbocycles. The number of hydrogen-bond donors (Lipinski definition) is 2. The van der Waals surface area contributed by atoms with Crippen LogP contribution in [0.4, 0.5) is 0 Å². The molecule has 168 valence electrons. The van der Waals surface area contributed by atoms with Crippen LogP contribution in [0.1, 0.15) is 36.8 Å². The lowest BCUT2D eigenvalue weighted by Gasteiger charge is -2.26. The summed E-state index contributed by atoms with van der Waals surface area (Å²) in [5, 5.41) is 6.49. The molecule has 1 aliphatic heterocycles. The number of sulfone groups is 1. The van der Waals surface area contributed by atoms with Gasteiger partial charge in [-0.3, -0.25) is 9.89 Å². The first-order chi connectivity index (χ1) is 15.1. The summed E-state index contributed by atoms with van der Waals surface area (Å²) >= 11 is 0. The Labute approximate surface area is 186 Å². The van der Waals surface area contributed by atoms with Crippen LogP contribution in [0.2, 0.25) is 0 Å². The van der Waals surface area contributed by atoms with Crippen molar-refractivity contribution in [3.05, 3.63) is 65.7 Å². The Bertz CT molecular complexity index is 922. The Kier molecular flexibility index (Phi) is 8.91. The van der Waals surface area contributed by atoms with E-state index < -0.39 is 9.84 Å². The maximum Gasteiger partial charge on any atom is 0.191 e. The van der Waals surface area contributed by atoms with Gasteiger partial charge in [-0.1, -0.05) is 48.9 Å². The van der Waals surface area contributed by atoms with Crippen molar-refractivity contribution in [3.8, 4) is 0 Å². The maximum atomic E-state index is 12.3. The summed E-state index contributed by atoms with van der Waals surface area (Å²) in [5.74, 6) is 0.786. The molecule has 0 saturated carbocycles. The second-order valence-electron chi connectivity index (χ2n) is 7.99. The van der Waals surface area contributed by atoms with E-state index in [1.165, 1.54) is 43.5 Å². The number of aliphatic imine (C=N–C) groups is 1. The molecule has 31 heavy (non-hydrogen) atoms. The fourth-order valence-electron chi connectivity index (χ4n) is 3.76. The number of piperidine rings is 1. The van der Waals surface area contributed by atoms with Crippen molar-refractivity contribution >= 4 is 15.8 Å². The lowest BCUT2D eigenvalue weighted by molar-refractivity contribution is 0.221. The Morgan fingerprint density at radius 1 is 0.935 bits per heavy atom. The van der Waals surface area contributed by atoms with Crippen LogP contribution < -0.4 is 10.6 Å². The van der Waals surface area contributed by atoms with Gasteiger partial charge in [-0.25, -0.2) is 8.42 Å². The summed E-state index contributed by atoms with van der Waals surface area (Å²) in [5.41, 5.74) is 2.55. The largest absolute Gasteiger partial charge is 0.356 e. The van der Waals surface area contributed by atoms with Gasteiger partial charge in [0, 0.05) is 26.7 Å². The van der Waals surface area contributed by atoms with E-state index in [1.54, 1.807) is 31.3 Å². The lowest BCUT2D eigenvalue weighted by atomic mass is 10.1. The Balaban J connectivity index is 1.38. The van der Waals surface area contributed by atoms with E-state index in [0.29, 0.717) is 30.4 Å². The summed E-state index contributed by atoms with van der Waals surface area (Å²) in [6.45, 7) is 4.66. The number of rotatable bonds is 9. The van der Waals surface area contributed by atoms with Gasteiger partial charge in [-0.2, -0.15) is 0 Å². The van der Waals surface area contributed by atoms with E-state index in [0.717, 1.165) is 6.54 Å². The molecule has 2 aromatic rings. The number of likely N-dealkylation sites (tertiary alicyclic amines) is 1. The van der Waals surface area contributed by atoms with Gasteiger partial charge in [0.1, 0.15) is 0 Å².